The van der Waals surface area contributed by atoms with Gasteiger partial charge in [0.15, 0.2) is 0 Å². The highest BCUT2D eigenvalue weighted by Crippen LogP contribution is 2.35. The van der Waals surface area contributed by atoms with Crippen LogP contribution >= 0.6 is 11.3 Å². The van der Waals surface area contributed by atoms with Gasteiger partial charge in [0.1, 0.15) is 16.5 Å². The average molecular weight is 383 g/mol. The quantitative estimate of drug-likeness (QED) is 0.720. The summed E-state index contributed by atoms with van der Waals surface area (Å²) in [5.74, 6) is 1.79. The topological polar surface area (TPSA) is 50.3 Å². The second-order valence-corrected chi connectivity index (χ2v) is 8.49. The van der Waals surface area contributed by atoms with Crippen molar-refractivity contribution in [3.8, 4) is 0 Å². The Balaban J connectivity index is 1.75. The monoisotopic (exact) mass is 382 g/mol. The Kier molecular flexibility index (Phi) is 5.12. The van der Waals surface area contributed by atoms with Gasteiger partial charge in [-0.3, -0.25) is 4.90 Å². The molecule has 3 heterocycles. The molecule has 0 atom stereocenters. The number of rotatable bonds is 4. The van der Waals surface area contributed by atoms with Crippen molar-refractivity contribution in [2.45, 2.75) is 34.2 Å². The van der Waals surface area contributed by atoms with Crippen LogP contribution in [0.5, 0.6) is 0 Å². The molecule has 1 N–H and O–H groups in total. The number of hydrogen-bond donors (Lipinski definition) is 1. The van der Waals surface area contributed by atoms with Crippen molar-refractivity contribution in [3.63, 3.8) is 0 Å². The van der Waals surface area contributed by atoms with Gasteiger partial charge in [0.05, 0.1) is 25.1 Å². The van der Waals surface area contributed by atoms with Crippen LogP contribution in [-0.4, -0.2) is 41.2 Å². The third-order valence-electron chi connectivity index (χ3n) is 5.19. The van der Waals surface area contributed by atoms with Gasteiger partial charge in [0.25, 0.3) is 0 Å². The molecule has 1 aliphatic heterocycles. The van der Waals surface area contributed by atoms with Crippen molar-refractivity contribution in [1.29, 1.82) is 0 Å². The summed E-state index contributed by atoms with van der Waals surface area (Å²) >= 11 is 1.75. The highest BCUT2D eigenvalue weighted by atomic mass is 32.1. The fourth-order valence-corrected chi connectivity index (χ4v) is 4.46. The van der Waals surface area contributed by atoms with Gasteiger partial charge in [0, 0.05) is 23.7 Å². The molecule has 0 bridgehead atoms. The molecule has 0 spiro atoms. The van der Waals surface area contributed by atoms with Crippen molar-refractivity contribution < 1.29 is 4.74 Å². The molecule has 1 fully saturated rings. The van der Waals surface area contributed by atoms with Crippen LogP contribution in [0.25, 0.3) is 10.2 Å². The lowest BCUT2D eigenvalue weighted by atomic mass is 10.1. The largest absolute Gasteiger partial charge is 0.379 e. The summed E-state index contributed by atoms with van der Waals surface area (Å²) in [7, 11) is 0. The molecule has 5 nitrogen and oxygen atoms in total. The Morgan fingerprint density at radius 3 is 2.67 bits per heavy atom. The summed E-state index contributed by atoms with van der Waals surface area (Å²) in [6.07, 6.45) is 0. The Morgan fingerprint density at radius 2 is 1.89 bits per heavy atom. The lowest BCUT2D eigenvalue weighted by molar-refractivity contribution is 0.0331. The van der Waals surface area contributed by atoms with E-state index in [-0.39, 0.29) is 0 Å². The van der Waals surface area contributed by atoms with Crippen molar-refractivity contribution in [2.75, 3.05) is 31.6 Å². The molecule has 0 amide bonds. The zero-order valence-corrected chi connectivity index (χ0v) is 17.2. The van der Waals surface area contributed by atoms with Crippen LogP contribution in [0.15, 0.2) is 18.2 Å². The van der Waals surface area contributed by atoms with E-state index < -0.39 is 0 Å². The Morgan fingerprint density at radius 1 is 1.11 bits per heavy atom. The van der Waals surface area contributed by atoms with E-state index in [0.29, 0.717) is 0 Å². The SMILES string of the molecule is Cc1ccc(C)c(Nc2nc(CN3CCOCC3)nc3sc(C)c(C)c23)c1. The van der Waals surface area contributed by atoms with Gasteiger partial charge in [-0.15, -0.1) is 11.3 Å². The van der Waals surface area contributed by atoms with Crippen LogP contribution in [-0.2, 0) is 11.3 Å². The first kappa shape index (κ1) is 18.3. The van der Waals surface area contributed by atoms with Crippen LogP contribution in [0.3, 0.4) is 0 Å². The highest BCUT2D eigenvalue weighted by Gasteiger charge is 2.18. The van der Waals surface area contributed by atoms with Gasteiger partial charge in [-0.2, -0.15) is 0 Å². The number of thiophene rings is 1. The maximum Gasteiger partial charge on any atom is 0.146 e. The van der Waals surface area contributed by atoms with Gasteiger partial charge in [-0.25, -0.2) is 9.97 Å². The summed E-state index contributed by atoms with van der Waals surface area (Å²) < 4.78 is 5.46. The number of aromatic nitrogens is 2. The molecule has 3 aromatic rings. The summed E-state index contributed by atoms with van der Waals surface area (Å²) in [4.78, 5) is 14.5. The van der Waals surface area contributed by atoms with Crippen molar-refractivity contribution in [2.24, 2.45) is 0 Å². The molecule has 0 unspecified atom stereocenters. The van der Waals surface area contributed by atoms with Gasteiger partial charge in [-0.05, 0) is 50.5 Å². The average Bonchev–Trinajstić information content (AvgIpc) is 2.93. The van der Waals surface area contributed by atoms with Crippen LogP contribution in [0.2, 0.25) is 0 Å². The fourth-order valence-electron chi connectivity index (χ4n) is 3.41. The van der Waals surface area contributed by atoms with Crippen molar-refractivity contribution in [3.05, 3.63) is 45.6 Å². The Labute approximate surface area is 164 Å². The normalized spacial score (nSPS) is 15.4. The molecule has 1 aromatic carbocycles. The van der Waals surface area contributed by atoms with Gasteiger partial charge in [-0.1, -0.05) is 12.1 Å². The molecular formula is C21H26N4OS. The lowest BCUT2D eigenvalue weighted by Crippen LogP contribution is -2.36. The van der Waals surface area contributed by atoms with E-state index in [1.165, 1.54) is 21.6 Å². The number of ether oxygens (including phenoxy) is 1. The number of fused-ring (bicyclic) bond motifs is 1. The number of nitrogens with zero attached hydrogens (tertiary/aromatic N) is 3. The Bertz CT molecular complexity index is 976. The van der Waals surface area contributed by atoms with E-state index in [1.54, 1.807) is 11.3 Å². The number of anilines is 2. The van der Waals surface area contributed by atoms with E-state index in [2.05, 4.69) is 56.1 Å². The van der Waals surface area contributed by atoms with E-state index in [4.69, 9.17) is 14.7 Å². The minimum absolute atomic E-state index is 0.761. The van der Waals surface area contributed by atoms with E-state index >= 15 is 0 Å². The van der Waals surface area contributed by atoms with E-state index in [9.17, 15) is 0 Å². The van der Waals surface area contributed by atoms with E-state index in [1.807, 2.05) is 0 Å². The summed E-state index contributed by atoms with van der Waals surface area (Å²) in [6.45, 7) is 12.8. The number of morpholine rings is 1. The smallest absolute Gasteiger partial charge is 0.146 e. The maximum absolute atomic E-state index is 5.46. The molecule has 2 aromatic heterocycles. The third kappa shape index (κ3) is 3.83. The second-order valence-electron chi connectivity index (χ2n) is 7.28. The second kappa shape index (κ2) is 7.54. The van der Waals surface area contributed by atoms with Gasteiger partial charge >= 0.3 is 0 Å². The maximum atomic E-state index is 5.46. The molecule has 0 saturated carbocycles. The zero-order valence-electron chi connectivity index (χ0n) is 16.4. The number of benzene rings is 1. The van der Waals surface area contributed by atoms with Crippen LogP contribution in [0, 0.1) is 27.7 Å². The van der Waals surface area contributed by atoms with Gasteiger partial charge < -0.3 is 10.1 Å². The molecule has 1 aliphatic rings. The first-order valence-electron chi connectivity index (χ1n) is 9.42. The number of hydrogen-bond acceptors (Lipinski definition) is 6. The molecule has 1 saturated heterocycles. The molecule has 0 radical (unpaired) electrons. The van der Waals surface area contributed by atoms with Crippen molar-refractivity contribution in [1.82, 2.24) is 14.9 Å². The standard InChI is InChI=1S/C21H26N4OS/c1-13-5-6-14(2)17(11-13)22-20-19-15(3)16(4)27-21(19)24-18(23-20)12-25-7-9-26-10-8-25/h5-6,11H,7-10,12H2,1-4H3,(H,22,23,24). The first-order chi connectivity index (χ1) is 13.0. The summed E-state index contributed by atoms with van der Waals surface area (Å²) in [5.41, 5.74) is 4.82. The van der Waals surface area contributed by atoms with E-state index in [0.717, 1.165) is 60.4 Å². The van der Waals surface area contributed by atoms with Crippen LogP contribution in [0.4, 0.5) is 11.5 Å². The minimum Gasteiger partial charge on any atom is -0.379 e. The molecular weight excluding hydrogens is 356 g/mol. The third-order valence-corrected chi connectivity index (χ3v) is 6.29. The number of aryl methyl sites for hydroxylation is 4. The van der Waals surface area contributed by atoms with Crippen LogP contribution in [0.1, 0.15) is 27.4 Å². The summed E-state index contributed by atoms with van der Waals surface area (Å²) in [5, 5.41) is 4.74. The fraction of sp³-hybridized carbons (Fsp3) is 0.429. The Hall–Kier alpha value is -2.02. The molecule has 27 heavy (non-hydrogen) atoms. The summed E-state index contributed by atoms with van der Waals surface area (Å²) in [6, 6.07) is 6.47. The van der Waals surface area contributed by atoms with Crippen LogP contribution < -0.4 is 5.32 Å². The molecule has 0 aliphatic carbocycles. The predicted octanol–water partition coefficient (Wildman–Crippen LogP) is 4.50. The molecule has 4 rings (SSSR count). The number of nitrogens with one attached hydrogen (secondary N) is 1. The molecule has 6 heteroatoms. The first-order valence-corrected chi connectivity index (χ1v) is 10.2. The highest BCUT2D eigenvalue weighted by molar-refractivity contribution is 7.18. The lowest BCUT2D eigenvalue weighted by Gasteiger charge is -2.25. The van der Waals surface area contributed by atoms with Gasteiger partial charge in [0.2, 0.25) is 0 Å². The minimum atomic E-state index is 0.761. The molecule has 142 valence electrons. The predicted molar refractivity (Wildman–Crippen MR) is 112 cm³/mol. The zero-order chi connectivity index (χ0) is 19.0. The van der Waals surface area contributed by atoms with Crippen molar-refractivity contribution >= 4 is 33.1 Å².